The van der Waals surface area contributed by atoms with Crippen LogP contribution in [0.25, 0.3) is 0 Å². The first kappa shape index (κ1) is 18.0. The van der Waals surface area contributed by atoms with Gasteiger partial charge in [-0.15, -0.1) is 0 Å². The molecule has 2 unspecified atom stereocenters. The molecule has 3 heteroatoms. The van der Waals surface area contributed by atoms with E-state index in [-0.39, 0.29) is 6.10 Å². The first-order valence-corrected chi connectivity index (χ1v) is 8.13. The number of likely N-dealkylation sites (N-methyl/N-ethyl adjacent to an activating group) is 1. The maximum Gasteiger partial charge on any atom is 0.119 e. The zero-order valence-electron chi connectivity index (χ0n) is 14.2. The smallest absolute Gasteiger partial charge is 0.119 e. The van der Waals surface area contributed by atoms with Crippen molar-refractivity contribution >= 4 is 0 Å². The molecular formula is C18H31NO2. The van der Waals surface area contributed by atoms with Crippen LogP contribution in [0, 0.1) is 5.92 Å². The van der Waals surface area contributed by atoms with Gasteiger partial charge in [0.2, 0.25) is 0 Å². The topological polar surface area (TPSA) is 32.7 Å². The Morgan fingerprint density at radius 2 is 1.67 bits per heavy atom. The molecule has 0 aliphatic heterocycles. The molecule has 0 bridgehead atoms. The van der Waals surface area contributed by atoms with Gasteiger partial charge in [0.05, 0.1) is 12.2 Å². The van der Waals surface area contributed by atoms with Gasteiger partial charge in [-0.05, 0) is 44.0 Å². The maximum absolute atomic E-state index is 10.4. The van der Waals surface area contributed by atoms with E-state index in [1.165, 1.54) is 6.42 Å². The molecule has 0 amide bonds. The van der Waals surface area contributed by atoms with Crippen LogP contribution in [0.3, 0.4) is 0 Å². The summed E-state index contributed by atoms with van der Waals surface area (Å²) in [7, 11) is 0. The fourth-order valence-corrected chi connectivity index (χ4v) is 2.29. The minimum Gasteiger partial charge on any atom is -0.491 e. The van der Waals surface area contributed by atoms with Gasteiger partial charge in [-0.3, -0.25) is 0 Å². The molecular weight excluding hydrogens is 262 g/mol. The lowest BCUT2D eigenvalue weighted by Crippen LogP contribution is -2.32. The summed E-state index contributed by atoms with van der Waals surface area (Å²) in [6, 6.07) is 7.78. The molecule has 0 aromatic heterocycles. The second kappa shape index (κ2) is 9.06. The van der Waals surface area contributed by atoms with Crippen LogP contribution < -0.4 is 4.74 Å². The molecule has 0 spiro atoms. The van der Waals surface area contributed by atoms with Crippen molar-refractivity contribution in [1.82, 2.24) is 4.90 Å². The second-order valence-corrected chi connectivity index (χ2v) is 6.12. The highest BCUT2D eigenvalue weighted by Crippen LogP contribution is 2.20. The van der Waals surface area contributed by atoms with Crippen LogP contribution in [-0.4, -0.2) is 35.7 Å². The lowest BCUT2D eigenvalue weighted by atomic mass is 10.1. The van der Waals surface area contributed by atoms with E-state index >= 15 is 0 Å². The van der Waals surface area contributed by atoms with Crippen molar-refractivity contribution in [3.63, 3.8) is 0 Å². The van der Waals surface area contributed by atoms with Gasteiger partial charge in [-0.1, -0.05) is 39.3 Å². The van der Waals surface area contributed by atoms with Crippen molar-refractivity contribution < 1.29 is 9.84 Å². The molecule has 1 aromatic rings. The average Bonchev–Trinajstić information content (AvgIpc) is 2.46. The van der Waals surface area contributed by atoms with Crippen LogP contribution in [0.4, 0.5) is 0 Å². The van der Waals surface area contributed by atoms with E-state index in [0.717, 1.165) is 24.4 Å². The summed E-state index contributed by atoms with van der Waals surface area (Å²) in [5.74, 6) is 1.52. The summed E-state index contributed by atoms with van der Waals surface area (Å²) in [6.07, 6.45) is 0.905. The predicted octanol–water partition coefficient (Wildman–Crippen LogP) is 3.88. The van der Waals surface area contributed by atoms with Crippen LogP contribution in [-0.2, 0) is 0 Å². The number of ether oxygens (including phenoxy) is 1. The van der Waals surface area contributed by atoms with E-state index in [9.17, 15) is 5.11 Å². The Morgan fingerprint density at radius 1 is 1.05 bits per heavy atom. The predicted molar refractivity (Wildman–Crippen MR) is 88.7 cm³/mol. The number of aliphatic hydroxyl groups excluding tert-OH is 1. The van der Waals surface area contributed by atoms with Gasteiger partial charge in [0.15, 0.2) is 0 Å². The minimum absolute atomic E-state index is 0.173. The number of rotatable bonds is 9. The molecule has 1 N–H and O–H groups in total. The molecule has 0 radical (unpaired) electrons. The van der Waals surface area contributed by atoms with Gasteiger partial charge < -0.3 is 14.7 Å². The summed E-state index contributed by atoms with van der Waals surface area (Å²) in [5, 5.41) is 10.4. The summed E-state index contributed by atoms with van der Waals surface area (Å²) >= 11 is 0. The molecule has 3 nitrogen and oxygen atoms in total. The number of aliphatic hydroxyl groups is 1. The molecule has 21 heavy (non-hydrogen) atoms. The largest absolute Gasteiger partial charge is 0.491 e. The quantitative estimate of drug-likeness (QED) is 0.750. The van der Waals surface area contributed by atoms with E-state index < -0.39 is 6.10 Å². The molecule has 1 rings (SSSR count). The van der Waals surface area contributed by atoms with Gasteiger partial charge in [-0.2, -0.15) is 0 Å². The Morgan fingerprint density at radius 3 is 2.14 bits per heavy atom. The summed E-state index contributed by atoms with van der Waals surface area (Å²) < 4.78 is 5.63. The molecule has 1 aromatic carbocycles. The summed E-state index contributed by atoms with van der Waals surface area (Å²) in [4.78, 5) is 2.32. The molecule has 0 aliphatic rings. The zero-order chi connectivity index (χ0) is 15.8. The van der Waals surface area contributed by atoms with Gasteiger partial charge in [0.25, 0.3) is 0 Å². The Bertz CT molecular complexity index is 389. The van der Waals surface area contributed by atoms with E-state index in [1.807, 2.05) is 38.1 Å². The Kier molecular flexibility index (Phi) is 7.76. The normalized spacial score (nSPS) is 14.5. The maximum atomic E-state index is 10.4. The molecule has 0 saturated heterocycles. The Labute approximate surface area is 129 Å². The van der Waals surface area contributed by atoms with Crippen LogP contribution in [0.1, 0.15) is 52.7 Å². The molecule has 120 valence electrons. The number of hydrogen-bond acceptors (Lipinski definition) is 3. The fourth-order valence-electron chi connectivity index (χ4n) is 2.29. The second-order valence-electron chi connectivity index (χ2n) is 6.12. The average molecular weight is 293 g/mol. The molecule has 2 atom stereocenters. The highest BCUT2D eigenvalue weighted by atomic mass is 16.5. The van der Waals surface area contributed by atoms with Gasteiger partial charge in [-0.25, -0.2) is 0 Å². The number of hydrogen-bond donors (Lipinski definition) is 1. The first-order chi connectivity index (χ1) is 9.96. The summed E-state index contributed by atoms with van der Waals surface area (Å²) in [6.45, 7) is 13.3. The van der Waals surface area contributed by atoms with E-state index in [0.29, 0.717) is 12.5 Å². The van der Waals surface area contributed by atoms with Gasteiger partial charge in [0.1, 0.15) is 5.75 Å². The lowest BCUT2D eigenvalue weighted by Gasteiger charge is -2.26. The van der Waals surface area contributed by atoms with E-state index in [2.05, 4.69) is 25.7 Å². The Hall–Kier alpha value is -1.06. The monoisotopic (exact) mass is 293 g/mol. The van der Waals surface area contributed by atoms with Crippen molar-refractivity contribution in [2.45, 2.75) is 53.2 Å². The van der Waals surface area contributed by atoms with Crippen molar-refractivity contribution in [3.8, 4) is 5.75 Å². The van der Waals surface area contributed by atoms with Gasteiger partial charge >= 0.3 is 0 Å². The van der Waals surface area contributed by atoms with Crippen LogP contribution in [0.2, 0.25) is 0 Å². The first-order valence-electron chi connectivity index (χ1n) is 8.13. The molecule has 0 aliphatic carbocycles. The number of nitrogens with zero attached hydrogens (tertiary/aromatic N) is 1. The van der Waals surface area contributed by atoms with E-state index in [1.54, 1.807) is 0 Å². The summed E-state index contributed by atoms with van der Waals surface area (Å²) in [5.41, 5.74) is 0.953. The third-order valence-electron chi connectivity index (χ3n) is 3.78. The third-order valence-corrected chi connectivity index (χ3v) is 3.78. The lowest BCUT2D eigenvalue weighted by molar-refractivity contribution is 0.107. The van der Waals surface area contributed by atoms with E-state index in [4.69, 9.17) is 4.74 Å². The molecule has 0 fully saturated rings. The minimum atomic E-state index is -0.442. The standard InChI is InChI=1S/C18H31NO2/c1-6-15(5)12-19(7-2)13-18(20)16-8-10-17(11-9-16)21-14(3)4/h8-11,14-15,18,20H,6-7,12-13H2,1-5H3. The van der Waals surface area contributed by atoms with Crippen molar-refractivity contribution in [3.05, 3.63) is 29.8 Å². The van der Waals surface area contributed by atoms with Crippen LogP contribution >= 0.6 is 0 Å². The molecule has 0 saturated carbocycles. The van der Waals surface area contributed by atoms with Crippen molar-refractivity contribution in [1.29, 1.82) is 0 Å². The fraction of sp³-hybridized carbons (Fsp3) is 0.667. The third kappa shape index (κ3) is 6.49. The Balaban J connectivity index is 2.59. The SMILES string of the molecule is CCC(C)CN(CC)CC(O)c1ccc(OC(C)C)cc1. The number of benzene rings is 1. The highest BCUT2D eigenvalue weighted by Gasteiger charge is 2.14. The van der Waals surface area contributed by atoms with Crippen LogP contribution in [0.15, 0.2) is 24.3 Å². The van der Waals surface area contributed by atoms with Crippen molar-refractivity contribution in [2.24, 2.45) is 5.92 Å². The zero-order valence-corrected chi connectivity index (χ0v) is 14.2. The van der Waals surface area contributed by atoms with Crippen molar-refractivity contribution in [2.75, 3.05) is 19.6 Å². The van der Waals surface area contributed by atoms with Crippen LogP contribution in [0.5, 0.6) is 5.75 Å². The highest BCUT2D eigenvalue weighted by molar-refractivity contribution is 5.28. The molecule has 0 heterocycles. The van der Waals surface area contributed by atoms with Gasteiger partial charge in [0, 0.05) is 13.1 Å².